The fourth-order valence-corrected chi connectivity index (χ4v) is 4.42. The zero-order chi connectivity index (χ0) is 12.9. The van der Waals surface area contributed by atoms with Crippen molar-refractivity contribution in [3.8, 4) is 0 Å². The van der Waals surface area contributed by atoms with E-state index >= 15 is 0 Å². The molecule has 2 N–H and O–H groups in total. The summed E-state index contributed by atoms with van der Waals surface area (Å²) in [5.41, 5.74) is 5.61. The summed E-state index contributed by atoms with van der Waals surface area (Å²) in [5, 5.41) is 0. The van der Waals surface area contributed by atoms with Crippen LogP contribution in [0.15, 0.2) is 0 Å². The molecule has 1 saturated carbocycles. The van der Waals surface area contributed by atoms with Gasteiger partial charge in [-0.15, -0.1) is 0 Å². The van der Waals surface area contributed by atoms with Crippen molar-refractivity contribution < 1.29 is 8.42 Å². The van der Waals surface area contributed by atoms with Gasteiger partial charge in [0.1, 0.15) is 0 Å². The van der Waals surface area contributed by atoms with Crippen LogP contribution in [-0.2, 0) is 10.0 Å². The lowest BCUT2D eigenvalue weighted by molar-refractivity contribution is 0.136. The first-order valence-electron chi connectivity index (χ1n) is 6.73. The third-order valence-corrected chi connectivity index (χ3v) is 5.79. The molecule has 5 heteroatoms. The largest absolute Gasteiger partial charge is 0.329 e. The monoisotopic (exact) mass is 262 g/mol. The maximum Gasteiger partial charge on any atom is 0.214 e. The van der Waals surface area contributed by atoms with Crippen molar-refractivity contribution in [2.24, 2.45) is 5.73 Å². The lowest BCUT2D eigenvalue weighted by Crippen LogP contribution is -2.57. The van der Waals surface area contributed by atoms with Gasteiger partial charge in [-0.05, 0) is 26.2 Å². The molecule has 0 heterocycles. The molecule has 0 aromatic heterocycles. The van der Waals surface area contributed by atoms with Crippen molar-refractivity contribution >= 4 is 10.0 Å². The molecule has 0 unspecified atom stereocenters. The highest BCUT2D eigenvalue weighted by molar-refractivity contribution is 7.89. The van der Waals surface area contributed by atoms with Crippen LogP contribution >= 0.6 is 0 Å². The summed E-state index contributed by atoms with van der Waals surface area (Å²) < 4.78 is 26.2. The van der Waals surface area contributed by atoms with Crippen LogP contribution in [0.2, 0.25) is 0 Å². The van der Waals surface area contributed by atoms with Crippen molar-refractivity contribution in [3.05, 3.63) is 0 Å². The van der Waals surface area contributed by atoms with E-state index < -0.39 is 10.0 Å². The molecule has 4 nitrogen and oxygen atoms in total. The molecular weight excluding hydrogens is 236 g/mol. The molecule has 0 bridgehead atoms. The number of hydrogen-bond acceptors (Lipinski definition) is 3. The maximum atomic E-state index is 12.2. The van der Waals surface area contributed by atoms with Gasteiger partial charge in [-0.2, -0.15) is 4.31 Å². The Morgan fingerprint density at radius 1 is 1.18 bits per heavy atom. The van der Waals surface area contributed by atoms with Gasteiger partial charge >= 0.3 is 0 Å². The average Bonchev–Trinajstić information content (AvgIpc) is 2.36. The topological polar surface area (TPSA) is 63.4 Å². The number of sulfonamides is 1. The van der Waals surface area contributed by atoms with Crippen molar-refractivity contribution in [1.29, 1.82) is 0 Å². The van der Waals surface area contributed by atoms with E-state index in [2.05, 4.69) is 0 Å². The van der Waals surface area contributed by atoms with Crippen LogP contribution in [0, 0.1) is 0 Å². The molecule has 0 aromatic rings. The Morgan fingerprint density at radius 3 is 2.18 bits per heavy atom. The summed E-state index contributed by atoms with van der Waals surface area (Å²) in [6.07, 6.45) is 6.08. The Morgan fingerprint density at radius 2 is 1.76 bits per heavy atom. The molecule has 1 aliphatic carbocycles. The lowest BCUT2D eigenvalue weighted by atomic mass is 9.81. The Labute approximate surface area is 106 Å². The second kappa shape index (κ2) is 6.16. The number of rotatable bonds is 6. The number of hydrogen-bond donors (Lipinski definition) is 1. The predicted molar refractivity (Wildman–Crippen MR) is 71.3 cm³/mol. The molecule has 0 saturated heterocycles. The molecule has 1 rings (SSSR count). The van der Waals surface area contributed by atoms with Crippen molar-refractivity contribution in [2.45, 2.75) is 57.9 Å². The summed E-state index contributed by atoms with van der Waals surface area (Å²) in [7, 11) is -3.14. The van der Waals surface area contributed by atoms with E-state index in [0.717, 1.165) is 32.1 Å². The normalized spacial score (nSPS) is 20.7. The van der Waals surface area contributed by atoms with Crippen LogP contribution in [0.1, 0.15) is 52.4 Å². The Bertz CT molecular complexity index is 321. The first-order valence-corrected chi connectivity index (χ1v) is 8.34. The zero-order valence-corrected chi connectivity index (χ0v) is 11.9. The molecule has 0 radical (unpaired) electrons. The Balaban J connectivity index is 3.01. The van der Waals surface area contributed by atoms with Gasteiger partial charge in [0.2, 0.25) is 10.0 Å². The van der Waals surface area contributed by atoms with Crippen LogP contribution in [0.25, 0.3) is 0 Å². The molecular formula is C12H26N2O2S. The fraction of sp³-hybridized carbons (Fsp3) is 1.00. The summed E-state index contributed by atoms with van der Waals surface area (Å²) >= 11 is 0. The second-order valence-electron chi connectivity index (χ2n) is 4.96. The summed E-state index contributed by atoms with van der Waals surface area (Å²) in [4.78, 5) is 0. The van der Waals surface area contributed by atoms with Gasteiger partial charge in [0.15, 0.2) is 0 Å². The molecule has 17 heavy (non-hydrogen) atoms. The first kappa shape index (κ1) is 14.9. The minimum absolute atomic E-state index is 0.175. The van der Waals surface area contributed by atoms with E-state index in [4.69, 9.17) is 5.73 Å². The highest BCUT2D eigenvalue weighted by Crippen LogP contribution is 2.35. The molecule has 102 valence electrons. The highest BCUT2D eigenvalue weighted by atomic mass is 32.2. The van der Waals surface area contributed by atoms with Crippen molar-refractivity contribution in [3.63, 3.8) is 0 Å². The summed E-state index contributed by atoms with van der Waals surface area (Å²) in [6.45, 7) is 4.79. The standard InChI is InChI=1S/C12H26N2O2S/c1-3-10-14(17(15,16)4-2)12(11-13)8-6-5-7-9-12/h3-11,13H2,1-2H3. The van der Waals surface area contributed by atoms with Gasteiger partial charge in [-0.3, -0.25) is 0 Å². The van der Waals surface area contributed by atoms with Crippen LogP contribution < -0.4 is 5.73 Å². The van der Waals surface area contributed by atoms with Crippen LogP contribution in [0.5, 0.6) is 0 Å². The third-order valence-electron chi connectivity index (χ3n) is 3.82. The molecule has 1 fully saturated rings. The highest BCUT2D eigenvalue weighted by Gasteiger charge is 2.41. The van der Waals surface area contributed by atoms with E-state index in [9.17, 15) is 8.42 Å². The maximum absolute atomic E-state index is 12.2. The van der Waals surface area contributed by atoms with E-state index in [0.29, 0.717) is 13.1 Å². The smallest absolute Gasteiger partial charge is 0.214 e. The van der Waals surface area contributed by atoms with Gasteiger partial charge < -0.3 is 5.73 Å². The Hall–Kier alpha value is -0.130. The minimum atomic E-state index is -3.14. The van der Waals surface area contributed by atoms with E-state index in [1.165, 1.54) is 6.42 Å². The fourth-order valence-electron chi connectivity index (χ4n) is 2.80. The van der Waals surface area contributed by atoms with Gasteiger partial charge in [0.25, 0.3) is 0 Å². The van der Waals surface area contributed by atoms with Crippen LogP contribution in [0.3, 0.4) is 0 Å². The molecule has 1 aliphatic rings. The number of nitrogens with two attached hydrogens (primary N) is 1. The van der Waals surface area contributed by atoms with Crippen molar-refractivity contribution in [1.82, 2.24) is 4.31 Å². The SMILES string of the molecule is CCCN(C1(CN)CCCCC1)S(=O)(=O)CC. The van der Waals surface area contributed by atoms with Gasteiger partial charge in [0, 0.05) is 18.6 Å². The first-order chi connectivity index (χ1) is 8.02. The minimum Gasteiger partial charge on any atom is -0.329 e. The van der Waals surface area contributed by atoms with Gasteiger partial charge in [-0.1, -0.05) is 26.2 Å². The van der Waals surface area contributed by atoms with E-state index in [1.54, 1.807) is 11.2 Å². The van der Waals surface area contributed by atoms with Gasteiger partial charge in [0.05, 0.1) is 5.75 Å². The molecule has 0 aromatic carbocycles. The van der Waals surface area contributed by atoms with Crippen molar-refractivity contribution in [2.75, 3.05) is 18.8 Å². The van der Waals surface area contributed by atoms with Crippen LogP contribution in [0.4, 0.5) is 0 Å². The molecule has 0 amide bonds. The third kappa shape index (κ3) is 3.20. The quantitative estimate of drug-likeness (QED) is 0.792. The summed E-state index contributed by atoms with van der Waals surface area (Å²) in [5.74, 6) is 0.175. The van der Waals surface area contributed by atoms with E-state index in [-0.39, 0.29) is 11.3 Å². The predicted octanol–water partition coefficient (Wildman–Crippen LogP) is 1.71. The Kier molecular flexibility index (Phi) is 5.41. The number of nitrogens with zero attached hydrogens (tertiary/aromatic N) is 1. The molecule has 0 aliphatic heterocycles. The zero-order valence-electron chi connectivity index (χ0n) is 11.1. The molecule has 0 spiro atoms. The molecule has 0 atom stereocenters. The van der Waals surface area contributed by atoms with Gasteiger partial charge in [-0.25, -0.2) is 8.42 Å². The lowest BCUT2D eigenvalue weighted by Gasteiger charge is -2.44. The average molecular weight is 262 g/mol. The van der Waals surface area contributed by atoms with Crippen LogP contribution in [-0.4, -0.2) is 37.1 Å². The second-order valence-corrected chi connectivity index (χ2v) is 7.14. The summed E-state index contributed by atoms with van der Waals surface area (Å²) in [6, 6.07) is 0. The van der Waals surface area contributed by atoms with E-state index in [1.807, 2.05) is 6.92 Å².